The Morgan fingerprint density at radius 1 is 0.584 bits per heavy atom. The zero-order chi connectivity index (χ0) is 67.1. The van der Waals surface area contributed by atoms with Crippen LogP contribution in [-0.4, -0.2) is 49.7 Å². The van der Waals surface area contributed by atoms with Crippen molar-refractivity contribution in [1.82, 2.24) is 0 Å². The summed E-state index contributed by atoms with van der Waals surface area (Å²) >= 11 is -2.00. The van der Waals surface area contributed by atoms with Crippen LogP contribution < -0.4 is 19.9 Å². The van der Waals surface area contributed by atoms with Gasteiger partial charge in [-0.3, -0.25) is 0 Å². The summed E-state index contributed by atoms with van der Waals surface area (Å²) in [5, 5.41) is 2.68. The van der Waals surface area contributed by atoms with Gasteiger partial charge in [-0.1, -0.05) is 228 Å². The number of ether oxygens (including phenoxy) is 4. The van der Waals surface area contributed by atoms with Gasteiger partial charge in [0.15, 0.2) is 0 Å². The zero-order valence-corrected chi connectivity index (χ0v) is 59.9. The fraction of sp³-hybridized carbons (Fsp3) is 0.625. The van der Waals surface area contributed by atoms with Crippen LogP contribution in [0.5, 0.6) is 5.75 Å². The van der Waals surface area contributed by atoms with Crippen LogP contribution in [0.1, 0.15) is 277 Å². The van der Waals surface area contributed by atoms with E-state index in [-0.39, 0.29) is 12.0 Å². The first-order chi connectivity index (χ1) is 42.3. The summed E-state index contributed by atoms with van der Waals surface area (Å²) in [4.78, 5) is 16.7. The fourth-order valence-electron chi connectivity index (χ4n) is 9.62. The summed E-state index contributed by atoms with van der Waals surface area (Å²) in [5.41, 5.74) is 10.1. The van der Waals surface area contributed by atoms with Gasteiger partial charge in [-0.05, 0) is 58.8 Å². The van der Waals surface area contributed by atoms with Crippen LogP contribution in [0.2, 0.25) is 0 Å². The Bertz CT molecular complexity index is 2290. The molecule has 89 heavy (non-hydrogen) atoms. The summed E-state index contributed by atoms with van der Waals surface area (Å²) < 4.78 is 86.6. The Morgan fingerprint density at radius 2 is 0.966 bits per heavy atom. The summed E-state index contributed by atoms with van der Waals surface area (Å²) in [6, 6.07) is 19.0. The Balaban J connectivity index is 0.00000116. The molecule has 4 rings (SSSR count). The van der Waals surface area contributed by atoms with E-state index < -0.39 is 37.9 Å². The Labute approximate surface area is 548 Å². The van der Waals surface area contributed by atoms with Gasteiger partial charge in [0.25, 0.3) is 0 Å². The number of para-hydroxylation sites is 2. The maximum absolute atomic E-state index is 11.7. The van der Waals surface area contributed by atoms with E-state index in [1.807, 2.05) is 27.7 Å². The van der Waals surface area contributed by atoms with E-state index in [0.717, 1.165) is 38.1 Å². The molecule has 0 unspecified atom stereocenters. The Kier molecular flexibility index (Phi) is 49.8. The third kappa shape index (κ3) is 41.1. The van der Waals surface area contributed by atoms with Crippen molar-refractivity contribution in [2.45, 2.75) is 255 Å². The van der Waals surface area contributed by atoms with Gasteiger partial charge in [-0.2, -0.15) is 33.0 Å². The molecule has 0 spiro atoms. The molecular formula is C72H114Cl2F6N3O5Ru-. The van der Waals surface area contributed by atoms with Crippen molar-refractivity contribution in [3.05, 3.63) is 126 Å². The second kappa shape index (κ2) is 52.3. The minimum Gasteiger partial charge on any atom is -0.502 e. The minimum absolute atomic E-state index is 0.0354. The number of hydrogen-bond acceptors (Lipinski definition) is 7. The fourth-order valence-corrected chi connectivity index (χ4v) is 11.4. The van der Waals surface area contributed by atoms with Gasteiger partial charge in [0.05, 0.1) is 19.5 Å². The zero-order valence-electron chi connectivity index (χ0n) is 56.7. The Morgan fingerprint density at radius 3 is 1.29 bits per heavy atom. The standard InChI is InChI=1S/C27H39N2.C15H21NO3.C14H26F2O.C14H28O.C2F4.2ClH.Ru/c1-18(2)22-11-9-12-23(19(3)4)26(22)28-15-16-29(17-28)27-24(20(5)6)13-10-14-25(27)21(7)8;1-10(2)9-18-15(17)16-13-6-7-14(12(5)8-13)19-11(3)4;1-2-3-4-5-6-7-8-9-10-11-12-17-13-14(15)16;1-3-5-6-7-8-9-10-11-12-13-14-15-4-2;3-1(4)2(5)6;;;/h9-14,17-21H,15-16H2,1-8H3;5-8,10-11H,9H2,1-4H3,(H,16,17);13H,2-12H2,1H3;4H,2-3,5-14H2,1H3;;2*1H;/q-1;;;;;;;+2/p-2. The molecule has 512 valence electrons. The van der Waals surface area contributed by atoms with Crippen molar-refractivity contribution in [2.75, 3.05) is 48.0 Å². The van der Waals surface area contributed by atoms with Crippen molar-refractivity contribution < 1.29 is 63.6 Å². The van der Waals surface area contributed by atoms with Crippen LogP contribution in [0, 0.1) is 12.6 Å². The molecule has 0 aliphatic carbocycles. The van der Waals surface area contributed by atoms with Crippen LogP contribution in [0.3, 0.4) is 0 Å². The first-order valence-corrected chi connectivity index (χ1v) is 38.2. The molecule has 0 radical (unpaired) electrons. The van der Waals surface area contributed by atoms with Crippen molar-refractivity contribution in [2.24, 2.45) is 5.92 Å². The average molecular weight is 1390 g/mol. The molecular weight excluding hydrogens is 1270 g/mol. The van der Waals surface area contributed by atoms with Crippen molar-refractivity contribution in [3.63, 3.8) is 0 Å². The number of amides is 1. The third-order valence-electron chi connectivity index (χ3n) is 14.1. The molecule has 3 aromatic rings. The van der Waals surface area contributed by atoms with Crippen LogP contribution in [-0.2, 0) is 27.7 Å². The molecule has 17 heteroatoms. The topological polar surface area (TPSA) is 72.5 Å². The number of benzene rings is 3. The second-order valence-electron chi connectivity index (χ2n) is 24.2. The molecule has 1 aliphatic rings. The van der Waals surface area contributed by atoms with Gasteiger partial charge in [-0.15, -0.1) is 0 Å². The molecule has 1 aliphatic heterocycles. The molecule has 1 amide bonds. The maximum Gasteiger partial charge on any atom is 0.334 e. The summed E-state index contributed by atoms with van der Waals surface area (Å²) in [7, 11) is 11.9. The van der Waals surface area contributed by atoms with E-state index >= 15 is 0 Å². The van der Waals surface area contributed by atoms with E-state index in [2.05, 4.69) is 139 Å². The number of halogens is 8. The predicted octanol–water partition coefficient (Wildman–Crippen LogP) is 25.1. The number of unbranched alkanes of at least 4 members (excludes halogenated alkanes) is 18. The SMILES string of the molecule is C=COCCCCCCCCCCCC.CC(C)COC(=O)Nc1ccc(OC(C)C)c([CH]=[Ru]([Cl])[Cl])c1.CC(C)c1cccc(C(C)C)c1N1[CH-]N(c2c(C(C)C)cccc2C(C)C)CC1.CCCCCCCCCCCCOC=C(F)F.FC(F)=C(F)F. The van der Waals surface area contributed by atoms with Gasteiger partial charge in [0.1, 0.15) is 6.26 Å². The normalized spacial score (nSPS) is 11.9. The quantitative estimate of drug-likeness (QED) is 0.0204. The van der Waals surface area contributed by atoms with E-state index in [1.54, 1.807) is 22.8 Å². The van der Waals surface area contributed by atoms with Crippen LogP contribution >= 0.6 is 19.4 Å². The van der Waals surface area contributed by atoms with E-state index in [1.165, 1.54) is 155 Å². The molecule has 0 bridgehead atoms. The number of nitrogens with one attached hydrogen (secondary N) is 1. The van der Waals surface area contributed by atoms with Crippen LogP contribution in [0.4, 0.5) is 48.2 Å². The molecule has 1 saturated heterocycles. The summed E-state index contributed by atoms with van der Waals surface area (Å²) in [6.07, 6.45) is 20.3. The van der Waals surface area contributed by atoms with Crippen molar-refractivity contribution >= 4 is 47.1 Å². The van der Waals surface area contributed by atoms with Gasteiger partial charge in [0.2, 0.25) is 0 Å². The largest absolute Gasteiger partial charge is 0.502 e. The molecule has 1 N–H and O–H groups in total. The smallest absolute Gasteiger partial charge is 0.334 e. The maximum atomic E-state index is 11.7. The predicted molar refractivity (Wildman–Crippen MR) is 365 cm³/mol. The second-order valence-corrected chi connectivity index (χ2v) is 30.0. The summed E-state index contributed by atoms with van der Waals surface area (Å²) in [5.74, 6) is 3.04. The molecule has 0 atom stereocenters. The average Bonchev–Trinajstić information content (AvgIpc) is 2.02. The molecule has 3 aromatic carbocycles. The minimum atomic E-state index is -2.91. The van der Waals surface area contributed by atoms with E-state index in [9.17, 15) is 31.1 Å². The molecule has 8 nitrogen and oxygen atoms in total. The first-order valence-electron chi connectivity index (χ1n) is 32.8. The van der Waals surface area contributed by atoms with Crippen molar-refractivity contribution in [3.8, 4) is 5.75 Å². The van der Waals surface area contributed by atoms with E-state index in [4.69, 9.17) is 33.6 Å². The monoisotopic (exact) mass is 1390 g/mol. The molecule has 1 heterocycles. The number of nitrogens with zero attached hydrogens (tertiary/aromatic N) is 2. The molecule has 0 saturated carbocycles. The van der Waals surface area contributed by atoms with Gasteiger partial charge in [0, 0.05) is 24.5 Å². The summed E-state index contributed by atoms with van der Waals surface area (Å²) in [6.45, 7) is 40.4. The number of hydrogen-bond donors (Lipinski definition) is 1. The van der Waals surface area contributed by atoms with Gasteiger partial charge >= 0.3 is 163 Å². The number of rotatable bonds is 36. The number of carbonyl (C=O) groups is 1. The van der Waals surface area contributed by atoms with Gasteiger partial charge < -0.3 is 19.3 Å². The third-order valence-corrected chi connectivity index (χ3v) is 16.0. The van der Waals surface area contributed by atoms with Gasteiger partial charge in [-0.25, -0.2) is 0 Å². The number of anilines is 3. The molecule has 1 fully saturated rings. The van der Waals surface area contributed by atoms with Crippen molar-refractivity contribution in [1.29, 1.82) is 0 Å². The number of carbonyl (C=O) groups excluding carboxylic acids is 1. The molecule has 0 aromatic heterocycles. The van der Waals surface area contributed by atoms with Crippen LogP contribution in [0.15, 0.2) is 91.9 Å². The first kappa shape index (κ1) is 84.8. The van der Waals surface area contributed by atoms with Crippen LogP contribution in [0.25, 0.3) is 0 Å². The Hall–Kier alpha value is -4.20. The van der Waals surface area contributed by atoms with E-state index in [0.29, 0.717) is 54.6 Å².